The number of aliphatic hydroxyl groups is 1. The maximum absolute atomic E-state index is 8.42. The first-order valence-corrected chi connectivity index (χ1v) is 3.26. The van der Waals surface area contributed by atoms with Crippen molar-refractivity contribution in [2.45, 2.75) is 6.42 Å². The van der Waals surface area contributed by atoms with Gasteiger partial charge < -0.3 is 20.6 Å². The Morgan fingerprint density at radius 2 is 2.36 bits per heavy atom. The minimum Gasteiger partial charge on any atom is -0.396 e. The van der Waals surface area contributed by atoms with Crippen molar-refractivity contribution < 1.29 is 9.52 Å². The number of anilines is 2. The molecule has 11 heavy (non-hydrogen) atoms. The first-order valence-electron chi connectivity index (χ1n) is 3.26. The van der Waals surface area contributed by atoms with E-state index in [0.29, 0.717) is 13.0 Å². The average Bonchev–Trinajstić information content (AvgIpc) is 2.37. The van der Waals surface area contributed by atoms with Gasteiger partial charge in [-0.1, -0.05) is 10.2 Å². The molecule has 0 saturated heterocycles. The molecule has 0 atom stereocenters. The summed E-state index contributed by atoms with van der Waals surface area (Å²) in [7, 11) is 0. The summed E-state index contributed by atoms with van der Waals surface area (Å²) in [5.41, 5.74) is 5.15. The topological polar surface area (TPSA) is 97.2 Å². The van der Waals surface area contributed by atoms with Gasteiger partial charge in [-0.15, -0.1) is 0 Å². The molecule has 0 spiro atoms. The third kappa shape index (κ3) is 2.42. The van der Waals surface area contributed by atoms with Crippen molar-refractivity contribution in [1.29, 1.82) is 0 Å². The molecule has 0 radical (unpaired) electrons. The molecule has 62 valence electrons. The van der Waals surface area contributed by atoms with Crippen LogP contribution in [0.4, 0.5) is 12.0 Å². The van der Waals surface area contributed by atoms with Crippen LogP contribution >= 0.6 is 0 Å². The monoisotopic (exact) mass is 158 g/mol. The average molecular weight is 158 g/mol. The molecular weight excluding hydrogens is 148 g/mol. The number of hydrogen-bond acceptors (Lipinski definition) is 6. The van der Waals surface area contributed by atoms with E-state index in [1.807, 2.05) is 0 Å². The van der Waals surface area contributed by atoms with Crippen molar-refractivity contribution in [2.24, 2.45) is 0 Å². The Labute approximate surface area is 63.4 Å². The van der Waals surface area contributed by atoms with Crippen LogP contribution in [0.25, 0.3) is 0 Å². The zero-order chi connectivity index (χ0) is 8.10. The highest BCUT2D eigenvalue weighted by Crippen LogP contribution is 2.04. The molecule has 6 heteroatoms. The van der Waals surface area contributed by atoms with Crippen molar-refractivity contribution in [2.75, 3.05) is 24.2 Å². The van der Waals surface area contributed by atoms with Gasteiger partial charge in [0.1, 0.15) is 0 Å². The van der Waals surface area contributed by atoms with Gasteiger partial charge in [-0.2, -0.15) is 0 Å². The minimum atomic E-state index is 0.0384. The lowest BCUT2D eigenvalue weighted by molar-refractivity contribution is 0.292. The molecule has 0 aromatic carbocycles. The maximum Gasteiger partial charge on any atom is 0.316 e. The summed E-state index contributed by atoms with van der Waals surface area (Å²) in [5.74, 6) is 0. The highest BCUT2D eigenvalue weighted by molar-refractivity contribution is 5.21. The number of aromatic nitrogens is 2. The summed E-state index contributed by atoms with van der Waals surface area (Å²) < 4.78 is 4.79. The summed E-state index contributed by atoms with van der Waals surface area (Å²) in [6.07, 6.45) is 0.641. The minimum absolute atomic E-state index is 0.0384. The quantitative estimate of drug-likeness (QED) is 0.508. The number of nitrogen functional groups attached to an aromatic ring is 1. The van der Waals surface area contributed by atoms with Crippen LogP contribution in [-0.4, -0.2) is 28.5 Å². The van der Waals surface area contributed by atoms with E-state index in [4.69, 9.17) is 15.3 Å². The summed E-state index contributed by atoms with van der Waals surface area (Å²) in [5, 5.41) is 18.2. The smallest absolute Gasteiger partial charge is 0.316 e. The molecule has 0 saturated carbocycles. The fourth-order valence-electron chi connectivity index (χ4n) is 0.580. The normalized spacial score (nSPS) is 9.91. The third-order valence-corrected chi connectivity index (χ3v) is 1.05. The van der Waals surface area contributed by atoms with Gasteiger partial charge in [0.25, 0.3) is 0 Å². The van der Waals surface area contributed by atoms with Crippen molar-refractivity contribution in [3.05, 3.63) is 0 Å². The van der Waals surface area contributed by atoms with Crippen LogP contribution in [0.2, 0.25) is 0 Å². The Hall–Kier alpha value is -1.30. The fourth-order valence-corrected chi connectivity index (χ4v) is 0.580. The SMILES string of the molecule is Nc1nnc(NCCCO)o1. The van der Waals surface area contributed by atoms with Crippen molar-refractivity contribution in [1.82, 2.24) is 10.2 Å². The van der Waals surface area contributed by atoms with Gasteiger partial charge in [0.05, 0.1) is 0 Å². The van der Waals surface area contributed by atoms with Gasteiger partial charge in [0.2, 0.25) is 0 Å². The number of hydrogen-bond donors (Lipinski definition) is 3. The zero-order valence-electron chi connectivity index (χ0n) is 5.95. The maximum atomic E-state index is 8.42. The van der Waals surface area contributed by atoms with Crippen LogP contribution in [0.5, 0.6) is 0 Å². The van der Waals surface area contributed by atoms with Crippen LogP contribution in [0.3, 0.4) is 0 Å². The van der Waals surface area contributed by atoms with E-state index < -0.39 is 0 Å². The van der Waals surface area contributed by atoms with E-state index in [2.05, 4.69) is 15.5 Å². The number of aliphatic hydroxyl groups excluding tert-OH is 1. The Kier molecular flexibility index (Phi) is 2.67. The molecule has 0 aliphatic heterocycles. The standard InChI is InChI=1S/C5H10N4O2/c6-4-8-9-5(11-4)7-2-1-3-10/h10H,1-3H2,(H2,6,8)(H,7,9). The Balaban J connectivity index is 2.27. The second-order valence-electron chi connectivity index (χ2n) is 1.95. The molecule has 0 amide bonds. The highest BCUT2D eigenvalue weighted by Gasteiger charge is 1.98. The molecule has 6 nitrogen and oxygen atoms in total. The summed E-state index contributed by atoms with van der Waals surface area (Å²) in [4.78, 5) is 0. The molecule has 1 aromatic rings. The van der Waals surface area contributed by atoms with Crippen LogP contribution in [0, 0.1) is 0 Å². The lowest BCUT2D eigenvalue weighted by Crippen LogP contribution is -2.03. The lowest BCUT2D eigenvalue weighted by Gasteiger charge is -1.96. The van der Waals surface area contributed by atoms with E-state index in [-0.39, 0.29) is 18.6 Å². The third-order valence-electron chi connectivity index (χ3n) is 1.05. The van der Waals surface area contributed by atoms with E-state index in [1.165, 1.54) is 0 Å². The van der Waals surface area contributed by atoms with Crippen LogP contribution in [-0.2, 0) is 0 Å². The van der Waals surface area contributed by atoms with Crippen LogP contribution in [0.15, 0.2) is 4.42 Å². The number of nitrogens with zero attached hydrogens (tertiary/aromatic N) is 2. The molecule has 0 bridgehead atoms. The lowest BCUT2D eigenvalue weighted by atomic mass is 10.5. The number of rotatable bonds is 4. The summed E-state index contributed by atoms with van der Waals surface area (Å²) in [6, 6.07) is 0.326. The van der Waals surface area contributed by atoms with E-state index >= 15 is 0 Å². The Morgan fingerprint density at radius 1 is 1.55 bits per heavy atom. The van der Waals surface area contributed by atoms with Gasteiger partial charge >= 0.3 is 12.0 Å². The largest absolute Gasteiger partial charge is 0.396 e. The van der Waals surface area contributed by atoms with Crippen LogP contribution in [0.1, 0.15) is 6.42 Å². The van der Waals surface area contributed by atoms with Gasteiger partial charge in [-0.3, -0.25) is 0 Å². The van der Waals surface area contributed by atoms with E-state index in [0.717, 1.165) is 0 Å². The van der Waals surface area contributed by atoms with Gasteiger partial charge in [-0.25, -0.2) is 0 Å². The fraction of sp³-hybridized carbons (Fsp3) is 0.600. The van der Waals surface area contributed by atoms with Crippen LogP contribution < -0.4 is 11.1 Å². The Bertz CT molecular complexity index is 212. The van der Waals surface area contributed by atoms with Gasteiger partial charge in [0, 0.05) is 13.2 Å². The molecule has 1 rings (SSSR count). The molecule has 0 aliphatic rings. The summed E-state index contributed by atoms with van der Waals surface area (Å²) >= 11 is 0. The van der Waals surface area contributed by atoms with Gasteiger partial charge in [-0.05, 0) is 6.42 Å². The number of nitrogens with two attached hydrogens (primary N) is 1. The second kappa shape index (κ2) is 3.77. The van der Waals surface area contributed by atoms with E-state index in [1.54, 1.807) is 0 Å². The highest BCUT2D eigenvalue weighted by atomic mass is 16.4. The molecule has 1 heterocycles. The molecule has 0 fully saturated rings. The first kappa shape index (κ1) is 7.80. The first-order chi connectivity index (χ1) is 5.33. The van der Waals surface area contributed by atoms with Gasteiger partial charge in [0.15, 0.2) is 0 Å². The Morgan fingerprint density at radius 3 is 2.91 bits per heavy atom. The molecular formula is C5H10N4O2. The molecule has 1 aromatic heterocycles. The van der Waals surface area contributed by atoms with Crippen molar-refractivity contribution in [3.8, 4) is 0 Å². The number of nitrogens with one attached hydrogen (secondary N) is 1. The predicted molar refractivity (Wildman–Crippen MR) is 38.9 cm³/mol. The van der Waals surface area contributed by atoms with Crippen molar-refractivity contribution >= 4 is 12.0 Å². The second-order valence-corrected chi connectivity index (χ2v) is 1.95. The molecule has 4 N–H and O–H groups in total. The van der Waals surface area contributed by atoms with Crippen molar-refractivity contribution in [3.63, 3.8) is 0 Å². The summed E-state index contributed by atoms with van der Waals surface area (Å²) in [6.45, 7) is 0.731. The predicted octanol–water partition coefficient (Wildman–Crippen LogP) is -0.554. The zero-order valence-corrected chi connectivity index (χ0v) is 5.95. The molecule has 0 aliphatic carbocycles. The molecule has 0 unspecified atom stereocenters. The van der Waals surface area contributed by atoms with E-state index in [9.17, 15) is 0 Å².